The molecule has 0 aromatic heterocycles. The molecule has 1 unspecified atom stereocenters. The molecule has 2 rings (SSSR count). The summed E-state index contributed by atoms with van der Waals surface area (Å²) in [6, 6.07) is 14.3. The zero-order valence-electron chi connectivity index (χ0n) is 12.0. The molecule has 0 amide bonds. The van der Waals surface area contributed by atoms with Gasteiger partial charge in [0.25, 0.3) is 0 Å². The fourth-order valence-corrected chi connectivity index (χ4v) is 2.68. The average Bonchev–Trinajstić information content (AvgIpc) is 2.38. The smallest absolute Gasteiger partial charge is 0.124 e. The van der Waals surface area contributed by atoms with Crippen molar-refractivity contribution in [3.8, 4) is 5.75 Å². The Labute approximate surface area is 115 Å². The van der Waals surface area contributed by atoms with Crippen LogP contribution in [0.25, 0.3) is 0 Å². The van der Waals surface area contributed by atoms with Crippen molar-refractivity contribution in [1.82, 2.24) is 0 Å². The summed E-state index contributed by atoms with van der Waals surface area (Å²) in [6.07, 6.45) is 0. The Hall–Kier alpha value is -1.80. The van der Waals surface area contributed by atoms with Crippen LogP contribution in [0.15, 0.2) is 42.5 Å². The first-order valence-electron chi connectivity index (χ1n) is 6.47. The van der Waals surface area contributed by atoms with Crippen LogP contribution >= 0.6 is 0 Å². The van der Waals surface area contributed by atoms with Gasteiger partial charge in [-0.2, -0.15) is 0 Å². The zero-order chi connectivity index (χ0) is 14.0. The second-order valence-corrected chi connectivity index (χ2v) is 5.23. The third-order valence-electron chi connectivity index (χ3n) is 3.56. The zero-order valence-corrected chi connectivity index (χ0v) is 12.0. The third-order valence-corrected chi connectivity index (χ3v) is 3.56. The molecule has 2 aromatic rings. The monoisotopic (exact) mass is 255 g/mol. The van der Waals surface area contributed by atoms with Crippen molar-refractivity contribution in [2.24, 2.45) is 5.73 Å². The van der Waals surface area contributed by atoms with E-state index in [2.05, 4.69) is 32.0 Å². The molecule has 2 heteroatoms. The molecule has 0 spiro atoms. The number of benzene rings is 2. The van der Waals surface area contributed by atoms with Crippen molar-refractivity contribution in [2.75, 3.05) is 7.11 Å². The Bertz CT molecular complexity index is 573. The van der Waals surface area contributed by atoms with Crippen LogP contribution in [0.4, 0.5) is 0 Å². The van der Waals surface area contributed by atoms with Gasteiger partial charge in [-0.3, -0.25) is 0 Å². The van der Waals surface area contributed by atoms with Gasteiger partial charge in [-0.05, 0) is 43.5 Å². The average molecular weight is 255 g/mol. The summed E-state index contributed by atoms with van der Waals surface area (Å²) in [5.41, 5.74) is 10.5. The second kappa shape index (κ2) is 5.06. The molecule has 0 radical (unpaired) electrons. The lowest BCUT2D eigenvalue weighted by Crippen LogP contribution is -2.35. The lowest BCUT2D eigenvalue weighted by molar-refractivity contribution is 0.397. The molecule has 0 aliphatic heterocycles. The minimum atomic E-state index is -0.565. The van der Waals surface area contributed by atoms with Gasteiger partial charge in [-0.1, -0.05) is 36.4 Å². The van der Waals surface area contributed by atoms with Crippen molar-refractivity contribution in [2.45, 2.75) is 26.3 Å². The van der Waals surface area contributed by atoms with Crippen LogP contribution in [0.2, 0.25) is 0 Å². The number of rotatable bonds is 3. The molecule has 0 aliphatic rings. The Morgan fingerprint density at radius 1 is 1.05 bits per heavy atom. The molecular weight excluding hydrogens is 234 g/mol. The number of methoxy groups -OCH3 is 1. The van der Waals surface area contributed by atoms with Gasteiger partial charge in [0.15, 0.2) is 0 Å². The quantitative estimate of drug-likeness (QED) is 0.910. The topological polar surface area (TPSA) is 35.2 Å². The highest BCUT2D eigenvalue weighted by atomic mass is 16.5. The molecule has 2 aromatic carbocycles. The fourth-order valence-electron chi connectivity index (χ4n) is 2.68. The largest absolute Gasteiger partial charge is 0.496 e. The van der Waals surface area contributed by atoms with Crippen LogP contribution in [-0.2, 0) is 5.54 Å². The van der Waals surface area contributed by atoms with Crippen LogP contribution < -0.4 is 10.5 Å². The predicted molar refractivity (Wildman–Crippen MR) is 79.6 cm³/mol. The molecule has 0 heterocycles. The molecule has 0 aliphatic carbocycles. The molecule has 19 heavy (non-hydrogen) atoms. The van der Waals surface area contributed by atoms with E-state index in [1.54, 1.807) is 7.11 Å². The van der Waals surface area contributed by atoms with E-state index in [1.165, 1.54) is 5.56 Å². The minimum Gasteiger partial charge on any atom is -0.496 e. The Morgan fingerprint density at radius 3 is 2.26 bits per heavy atom. The van der Waals surface area contributed by atoms with Gasteiger partial charge in [-0.25, -0.2) is 0 Å². The summed E-state index contributed by atoms with van der Waals surface area (Å²) in [4.78, 5) is 0. The number of hydrogen-bond acceptors (Lipinski definition) is 2. The van der Waals surface area contributed by atoms with Crippen LogP contribution in [0.3, 0.4) is 0 Å². The summed E-state index contributed by atoms with van der Waals surface area (Å²) >= 11 is 0. The standard InChI is InChI=1S/C17H21NO/c1-12-10-13(2)16(15(11-12)19-4)17(3,18)14-8-6-5-7-9-14/h5-11H,18H2,1-4H3. The predicted octanol–water partition coefficient (Wildman–Crippen LogP) is 3.53. The van der Waals surface area contributed by atoms with Gasteiger partial charge in [0.2, 0.25) is 0 Å². The van der Waals surface area contributed by atoms with E-state index in [9.17, 15) is 0 Å². The van der Waals surface area contributed by atoms with Crippen molar-refractivity contribution < 1.29 is 4.74 Å². The SMILES string of the molecule is COc1cc(C)cc(C)c1C(C)(N)c1ccccc1. The van der Waals surface area contributed by atoms with Crippen molar-refractivity contribution >= 4 is 0 Å². The van der Waals surface area contributed by atoms with E-state index in [1.807, 2.05) is 31.2 Å². The Balaban J connectivity index is 2.64. The maximum Gasteiger partial charge on any atom is 0.124 e. The van der Waals surface area contributed by atoms with E-state index in [-0.39, 0.29) is 0 Å². The maximum atomic E-state index is 6.61. The summed E-state index contributed by atoms with van der Waals surface area (Å²) in [5.74, 6) is 0.853. The van der Waals surface area contributed by atoms with E-state index in [0.29, 0.717) is 0 Å². The Morgan fingerprint density at radius 2 is 1.68 bits per heavy atom. The summed E-state index contributed by atoms with van der Waals surface area (Å²) in [7, 11) is 1.69. The normalized spacial score (nSPS) is 13.9. The lowest BCUT2D eigenvalue weighted by Gasteiger charge is -2.29. The van der Waals surface area contributed by atoms with Crippen LogP contribution in [0, 0.1) is 13.8 Å². The highest BCUT2D eigenvalue weighted by molar-refractivity contribution is 5.51. The molecular formula is C17H21NO. The van der Waals surface area contributed by atoms with Crippen molar-refractivity contribution in [1.29, 1.82) is 0 Å². The van der Waals surface area contributed by atoms with Crippen LogP contribution in [0.5, 0.6) is 5.75 Å². The molecule has 100 valence electrons. The van der Waals surface area contributed by atoms with Crippen LogP contribution in [0.1, 0.15) is 29.2 Å². The van der Waals surface area contributed by atoms with Crippen molar-refractivity contribution in [3.05, 3.63) is 64.7 Å². The second-order valence-electron chi connectivity index (χ2n) is 5.23. The van der Waals surface area contributed by atoms with Gasteiger partial charge in [0.05, 0.1) is 12.6 Å². The number of hydrogen-bond donors (Lipinski definition) is 1. The highest BCUT2D eigenvalue weighted by Gasteiger charge is 2.29. The van der Waals surface area contributed by atoms with Gasteiger partial charge in [-0.15, -0.1) is 0 Å². The maximum absolute atomic E-state index is 6.61. The van der Waals surface area contributed by atoms with Gasteiger partial charge in [0, 0.05) is 5.56 Å². The molecule has 2 N–H and O–H groups in total. The number of ether oxygens (including phenoxy) is 1. The first kappa shape index (κ1) is 13.6. The van der Waals surface area contributed by atoms with Gasteiger partial charge >= 0.3 is 0 Å². The molecule has 0 fully saturated rings. The Kier molecular flexibility index (Phi) is 3.63. The van der Waals surface area contributed by atoms with E-state index >= 15 is 0 Å². The number of nitrogens with two attached hydrogens (primary N) is 1. The van der Waals surface area contributed by atoms with E-state index < -0.39 is 5.54 Å². The molecule has 0 saturated heterocycles. The van der Waals surface area contributed by atoms with E-state index in [0.717, 1.165) is 22.4 Å². The summed E-state index contributed by atoms with van der Waals surface area (Å²) in [6.45, 7) is 6.18. The number of aryl methyl sites for hydroxylation is 2. The first-order valence-corrected chi connectivity index (χ1v) is 6.47. The summed E-state index contributed by atoms with van der Waals surface area (Å²) in [5, 5.41) is 0. The third kappa shape index (κ3) is 2.49. The van der Waals surface area contributed by atoms with Gasteiger partial charge in [0.1, 0.15) is 5.75 Å². The highest BCUT2D eigenvalue weighted by Crippen LogP contribution is 2.36. The van der Waals surface area contributed by atoms with Crippen molar-refractivity contribution in [3.63, 3.8) is 0 Å². The molecule has 0 bridgehead atoms. The molecule has 0 saturated carbocycles. The van der Waals surface area contributed by atoms with Gasteiger partial charge < -0.3 is 10.5 Å². The fraction of sp³-hybridized carbons (Fsp3) is 0.294. The molecule has 2 nitrogen and oxygen atoms in total. The lowest BCUT2D eigenvalue weighted by atomic mass is 9.82. The first-order chi connectivity index (χ1) is 8.96. The summed E-state index contributed by atoms with van der Waals surface area (Å²) < 4.78 is 5.53. The molecule has 1 atom stereocenters. The van der Waals surface area contributed by atoms with Crippen LogP contribution in [-0.4, -0.2) is 7.11 Å². The van der Waals surface area contributed by atoms with E-state index in [4.69, 9.17) is 10.5 Å². The minimum absolute atomic E-state index is 0.565.